The minimum Gasteiger partial charge on any atom is -0.475 e. The van der Waals surface area contributed by atoms with E-state index < -0.39 is 24.3 Å². The van der Waals surface area contributed by atoms with Crippen LogP contribution in [0.4, 0.5) is 26.3 Å². The van der Waals surface area contributed by atoms with Gasteiger partial charge in [0, 0.05) is 43.3 Å². The Labute approximate surface area is 217 Å². The van der Waals surface area contributed by atoms with E-state index in [2.05, 4.69) is 33.5 Å². The average Bonchev–Trinajstić information content (AvgIpc) is 3.50. The van der Waals surface area contributed by atoms with Crippen molar-refractivity contribution in [2.45, 2.75) is 56.5 Å². The lowest BCUT2D eigenvalue weighted by atomic mass is 9.88. The zero-order chi connectivity index (χ0) is 28.4. The predicted octanol–water partition coefficient (Wildman–Crippen LogP) is 4.75. The molecule has 0 aliphatic carbocycles. The summed E-state index contributed by atoms with van der Waals surface area (Å²) < 4.78 is 75.7. The fourth-order valence-corrected chi connectivity index (χ4v) is 4.44. The lowest BCUT2D eigenvalue weighted by Gasteiger charge is -2.38. The Morgan fingerprint density at radius 3 is 2.16 bits per heavy atom. The molecule has 4 heterocycles. The SMILES string of the molecule is O=C(O)C(F)(F)F.O=C(O)C(F)(F)F.c1cncc(COC2COC3(CCN(Cc4cccs4)CC3)C2)c1. The first kappa shape index (κ1) is 31.5. The molecule has 212 valence electrons. The molecule has 2 aromatic heterocycles. The number of aliphatic carboxylic acids is 2. The van der Waals surface area contributed by atoms with Crippen molar-refractivity contribution in [2.75, 3.05) is 19.7 Å². The number of pyridine rings is 1. The number of nitrogens with zero attached hydrogens (tertiary/aromatic N) is 2. The minimum absolute atomic E-state index is 0.0472. The summed E-state index contributed by atoms with van der Waals surface area (Å²) in [4.78, 5) is 25.9. The number of aromatic nitrogens is 1. The molecule has 2 fully saturated rings. The molecule has 38 heavy (non-hydrogen) atoms. The van der Waals surface area contributed by atoms with E-state index in [4.69, 9.17) is 29.3 Å². The molecule has 0 saturated carbocycles. The molecule has 0 bridgehead atoms. The summed E-state index contributed by atoms with van der Waals surface area (Å²) in [5, 5.41) is 16.4. The number of rotatable bonds is 5. The van der Waals surface area contributed by atoms with Gasteiger partial charge in [-0.2, -0.15) is 26.3 Å². The second-order valence-corrected chi connectivity index (χ2v) is 9.49. The minimum atomic E-state index is -5.08. The van der Waals surface area contributed by atoms with Gasteiger partial charge in [0.05, 0.1) is 24.9 Å². The number of carboxylic acids is 2. The number of piperidine rings is 1. The van der Waals surface area contributed by atoms with E-state index in [0.717, 1.165) is 51.1 Å². The van der Waals surface area contributed by atoms with E-state index in [0.29, 0.717) is 6.61 Å². The van der Waals surface area contributed by atoms with E-state index in [1.54, 1.807) is 6.20 Å². The van der Waals surface area contributed by atoms with Crippen LogP contribution in [0.15, 0.2) is 42.0 Å². The van der Waals surface area contributed by atoms with Gasteiger partial charge in [0.15, 0.2) is 0 Å². The van der Waals surface area contributed by atoms with E-state index in [-0.39, 0.29) is 11.7 Å². The molecular formula is C23H26F6N2O6S. The first-order valence-electron chi connectivity index (χ1n) is 11.2. The summed E-state index contributed by atoms with van der Waals surface area (Å²) in [6.45, 7) is 4.67. The molecule has 2 N–H and O–H groups in total. The van der Waals surface area contributed by atoms with Crippen molar-refractivity contribution in [3.05, 3.63) is 52.5 Å². The Balaban J connectivity index is 0.000000301. The van der Waals surface area contributed by atoms with Gasteiger partial charge in [-0.3, -0.25) is 9.88 Å². The van der Waals surface area contributed by atoms with Gasteiger partial charge in [0.25, 0.3) is 0 Å². The zero-order valence-corrected chi connectivity index (χ0v) is 20.7. The van der Waals surface area contributed by atoms with Crippen LogP contribution in [0.3, 0.4) is 0 Å². The highest BCUT2D eigenvalue weighted by Gasteiger charge is 2.43. The first-order chi connectivity index (χ1) is 17.7. The summed E-state index contributed by atoms with van der Waals surface area (Å²) in [6, 6.07) is 8.37. The second-order valence-electron chi connectivity index (χ2n) is 8.45. The smallest absolute Gasteiger partial charge is 0.475 e. The number of halogens is 6. The predicted molar refractivity (Wildman–Crippen MR) is 122 cm³/mol. The number of carboxylic acid groups (broad SMARTS) is 2. The Bertz CT molecular complexity index is 972. The molecule has 15 heteroatoms. The van der Waals surface area contributed by atoms with Crippen LogP contribution in [0.25, 0.3) is 0 Å². The maximum absolute atomic E-state index is 10.6. The largest absolute Gasteiger partial charge is 0.490 e. The summed E-state index contributed by atoms with van der Waals surface area (Å²) in [7, 11) is 0. The van der Waals surface area contributed by atoms with Crippen LogP contribution in [-0.2, 0) is 32.2 Å². The summed E-state index contributed by atoms with van der Waals surface area (Å²) in [5.41, 5.74) is 1.18. The number of thiophene rings is 1. The van der Waals surface area contributed by atoms with E-state index in [1.165, 1.54) is 4.88 Å². The molecule has 1 atom stereocenters. The zero-order valence-electron chi connectivity index (χ0n) is 19.9. The van der Waals surface area contributed by atoms with Gasteiger partial charge in [-0.25, -0.2) is 9.59 Å². The van der Waals surface area contributed by atoms with Crippen LogP contribution >= 0.6 is 11.3 Å². The fourth-order valence-electron chi connectivity index (χ4n) is 3.70. The van der Waals surface area contributed by atoms with Crippen molar-refractivity contribution in [1.82, 2.24) is 9.88 Å². The van der Waals surface area contributed by atoms with Gasteiger partial charge in [0.2, 0.25) is 0 Å². The lowest BCUT2D eigenvalue weighted by molar-refractivity contribution is -0.193. The van der Waals surface area contributed by atoms with Crippen molar-refractivity contribution in [3.8, 4) is 0 Å². The topological polar surface area (TPSA) is 109 Å². The number of likely N-dealkylation sites (tertiary alicyclic amines) is 1. The van der Waals surface area contributed by atoms with Crippen LogP contribution < -0.4 is 0 Å². The summed E-state index contributed by atoms with van der Waals surface area (Å²) >= 11 is 1.85. The van der Waals surface area contributed by atoms with Crippen LogP contribution in [0.1, 0.15) is 29.7 Å². The molecule has 2 saturated heterocycles. The fraction of sp³-hybridized carbons (Fsp3) is 0.522. The van der Waals surface area contributed by atoms with Crippen molar-refractivity contribution < 1.29 is 55.6 Å². The standard InChI is InChI=1S/C19H24N2O2S.2C2HF3O2/c1-3-16(12-20-7-1)14-22-17-11-19(23-15-17)5-8-21(9-6-19)13-18-4-2-10-24-18;2*3-2(4,5)1(6)7/h1-4,7,10,12,17H,5-6,8-9,11,13-15H2;2*(H,6,7). The van der Waals surface area contributed by atoms with Gasteiger partial charge in [0.1, 0.15) is 0 Å². The Kier molecular flexibility index (Phi) is 11.5. The first-order valence-corrected chi connectivity index (χ1v) is 12.1. The van der Waals surface area contributed by atoms with Gasteiger partial charge in [-0.05, 0) is 35.9 Å². The number of hydrogen-bond acceptors (Lipinski definition) is 7. The molecule has 0 aromatic carbocycles. The van der Waals surface area contributed by atoms with Crippen LogP contribution in [0.2, 0.25) is 0 Å². The number of hydrogen-bond donors (Lipinski definition) is 2. The second kappa shape index (κ2) is 13.9. The molecule has 2 aliphatic heterocycles. The summed E-state index contributed by atoms with van der Waals surface area (Å²) in [5.74, 6) is -5.51. The quantitative estimate of drug-likeness (QED) is 0.495. The lowest BCUT2D eigenvalue weighted by Crippen LogP contribution is -2.43. The van der Waals surface area contributed by atoms with Crippen LogP contribution in [-0.4, -0.2) is 75.8 Å². The molecule has 1 spiro atoms. The maximum Gasteiger partial charge on any atom is 0.490 e. The normalized spacial score (nSPS) is 19.2. The Morgan fingerprint density at radius 2 is 1.68 bits per heavy atom. The number of carbonyl (C=O) groups is 2. The van der Waals surface area contributed by atoms with E-state index in [1.807, 2.05) is 23.6 Å². The van der Waals surface area contributed by atoms with Crippen molar-refractivity contribution in [2.24, 2.45) is 0 Å². The third-order valence-corrected chi connectivity index (χ3v) is 6.46. The number of alkyl halides is 6. The highest BCUT2D eigenvalue weighted by molar-refractivity contribution is 7.09. The maximum atomic E-state index is 10.6. The monoisotopic (exact) mass is 572 g/mol. The molecule has 1 unspecified atom stereocenters. The van der Waals surface area contributed by atoms with E-state index in [9.17, 15) is 26.3 Å². The van der Waals surface area contributed by atoms with Crippen molar-refractivity contribution >= 4 is 23.3 Å². The van der Waals surface area contributed by atoms with Crippen LogP contribution in [0, 0.1) is 0 Å². The van der Waals surface area contributed by atoms with Gasteiger partial charge in [-0.1, -0.05) is 12.1 Å². The van der Waals surface area contributed by atoms with Crippen LogP contribution in [0.5, 0.6) is 0 Å². The van der Waals surface area contributed by atoms with Gasteiger partial charge < -0.3 is 19.7 Å². The Morgan fingerprint density at radius 1 is 1.08 bits per heavy atom. The van der Waals surface area contributed by atoms with Gasteiger partial charge >= 0.3 is 24.3 Å². The van der Waals surface area contributed by atoms with Crippen molar-refractivity contribution in [3.63, 3.8) is 0 Å². The third kappa shape index (κ3) is 10.9. The summed E-state index contributed by atoms with van der Waals surface area (Å²) in [6.07, 6.45) is -3.03. The average molecular weight is 573 g/mol. The molecule has 0 amide bonds. The van der Waals surface area contributed by atoms with E-state index >= 15 is 0 Å². The molecule has 0 radical (unpaired) electrons. The molecule has 8 nitrogen and oxygen atoms in total. The molecular weight excluding hydrogens is 546 g/mol. The van der Waals surface area contributed by atoms with Crippen molar-refractivity contribution in [1.29, 1.82) is 0 Å². The molecule has 2 aromatic rings. The highest BCUT2D eigenvalue weighted by Crippen LogP contribution is 2.37. The third-order valence-electron chi connectivity index (χ3n) is 5.60. The number of ether oxygens (including phenoxy) is 2. The molecule has 4 rings (SSSR count). The highest BCUT2D eigenvalue weighted by atomic mass is 32.1. The Hall–Kier alpha value is -2.75. The van der Waals surface area contributed by atoms with Gasteiger partial charge in [-0.15, -0.1) is 11.3 Å². The molecule has 2 aliphatic rings.